The third-order valence-electron chi connectivity index (χ3n) is 3.00. The Kier molecular flexibility index (Phi) is 4.44. The highest BCUT2D eigenvalue weighted by Gasteiger charge is 2.12. The van der Waals surface area contributed by atoms with Gasteiger partial charge in [0, 0.05) is 9.50 Å². The van der Waals surface area contributed by atoms with Crippen LogP contribution in [0.2, 0.25) is 5.02 Å². The van der Waals surface area contributed by atoms with Crippen LogP contribution in [0.15, 0.2) is 46.9 Å². The molecule has 2 aromatic carbocycles. The lowest BCUT2D eigenvalue weighted by molar-refractivity contribution is 0.691. The number of halogens is 2. The Morgan fingerprint density at radius 1 is 1.11 bits per heavy atom. The average Bonchev–Trinajstić information content (AvgIpc) is 2.35. The van der Waals surface area contributed by atoms with Crippen molar-refractivity contribution in [2.75, 3.05) is 7.05 Å². The predicted octanol–water partition coefficient (Wildman–Crippen LogP) is 4.72. The number of hydrogen-bond donors (Lipinski definition) is 1. The van der Waals surface area contributed by atoms with Crippen LogP contribution in [-0.4, -0.2) is 7.05 Å². The Morgan fingerprint density at radius 3 is 2.44 bits per heavy atom. The molecule has 1 nitrogen and oxygen atoms in total. The molecule has 18 heavy (non-hydrogen) atoms. The van der Waals surface area contributed by atoms with Crippen LogP contribution < -0.4 is 5.32 Å². The lowest BCUT2D eigenvalue weighted by Crippen LogP contribution is -2.17. The number of nitrogens with one attached hydrogen (secondary N) is 1. The zero-order valence-corrected chi connectivity index (χ0v) is 12.7. The molecular weight excluding hydrogens is 310 g/mol. The first-order chi connectivity index (χ1) is 8.61. The van der Waals surface area contributed by atoms with Crippen LogP contribution in [0.4, 0.5) is 0 Å². The number of hydrogen-bond acceptors (Lipinski definition) is 1. The molecule has 0 aliphatic heterocycles. The summed E-state index contributed by atoms with van der Waals surface area (Å²) in [7, 11) is 1.96. The molecule has 1 atom stereocenters. The van der Waals surface area contributed by atoms with Crippen molar-refractivity contribution in [1.82, 2.24) is 5.32 Å². The molecule has 94 valence electrons. The van der Waals surface area contributed by atoms with Gasteiger partial charge in [0.05, 0.1) is 6.04 Å². The molecule has 1 N–H and O–H groups in total. The molecule has 0 bridgehead atoms. The largest absolute Gasteiger partial charge is 0.309 e. The van der Waals surface area contributed by atoms with Gasteiger partial charge >= 0.3 is 0 Å². The lowest BCUT2D eigenvalue weighted by Gasteiger charge is -2.18. The van der Waals surface area contributed by atoms with E-state index < -0.39 is 0 Å². The van der Waals surface area contributed by atoms with E-state index in [1.165, 1.54) is 11.1 Å². The summed E-state index contributed by atoms with van der Waals surface area (Å²) in [6, 6.07) is 14.6. The third-order valence-corrected chi connectivity index (χ3v) is 3.90. The molecule has 0 aliphatic rings. The maximum Gasteiger partial charge on any atom is 0.0575 e. The molecule has 0 saturated carbocycles. The Bertz CT molecular complexity index is 554. The van der Waals surface area contributed by atoms with Gasteiger partial charge in [0.15, 0.2) is 0 Å². The second-order valence-corrected chi connectivity index (χ2v) is 5.61. The first-order valence-corrected chi connectivity index (χ1v) is 6.97. The summed E-state index contributed by atoms with van der Waals surface area (Å²) >= 11 is 9.70. The van der Waals surface area contributed by atoms with E-state index in [-0.39, 0.29) is 6.04 Å². The quantitative estimate of drug-likeness (QED) is 0.861. The highest BCUT2D eigenvalue weighted by atomic mass is 79.9. The van der Waals surface area contributed by atoms with Crippen LogP contribution in [0, 0.1) is 6.92 Å². The standard InChI is InChI=1S/C15H15BrClN/c1-10-6-7-12(9-14(10)17)15(18-2)11-4-3-5-13(16)8-11/h3-9,15,18H,1-2H3. The van der Waals surface area contributed by atoms with E-state index in [0.29, 0.717) is 0 Å². The van der Waals surface area contributed by atoms with Gasteiger partial charge in [0.2, 0.25) is 0 Å². The van der Waals surface area contributed by atoms with Gasteiger partial charge < -0.3 is 5.32 Å². The maximum absolute atomic E-state index is 6.20. The fourth-order valence-corrected chi connectivity index (χ4v) is 2.61. The van der Waals surface area contributed by atoms with Crippen molar-refractivity contribution in [1.29, 1.82) is 0 Å². The van der Waals surface area contributed by atoms with Crippen molar-refractivity contribution < 1.29 is 0 Å². The van der Waals surface area contributed by atoms with Crippen molar-refractivity contribution in [2.45, 2.75) is 13.0 Å². The van der Waals surface area contributed by atoms with Crippen molar-refractivity contribution in [3.05, 3.63) is 68.7 Å². The minimum absolute atomic E-state index is 0.153. The topological polar surface area (TPSA) is 12.0 Å². The van der Waals surface area contributed by atoms with Gasteiger partial charge in [-0.05, 0) is 48.9 Å². The van der Waals surface area contributed by atoms with Crippen molar-refractivity contribution in [3.8, 4) is 0 Å². The smallest absolute Gasteiger partial charge is 0.0575 e. The SMILES string of the molecule is CNC(c1cccc(Br)c1)c1ccc(C)c(Cl)c1. The lowest BCUT2D eigenvalue weighted by atomic mass is 9.98. The van der Waals surface area contributed by atoms with Crippen LogP contribution >= 0.6 is 27.5 Å². The number of rotatable bonds is 3. The Balaban J connectivity index is 2.42. The molecule has 0 heterocycles. The van der Waals surface area contributed by atoms with E-state index in [9.17, 15) is 0 Å². The zero-order chi connectivity index (χ0) is 13.1. The first-order valence-electron chi connectivity index (χ1n) is 5.80. The summed E-state index contributed by atoms with van der Waals surface area (Å²) in [5.74, 6) is 0. The second kappa shape index (κ2) is 5.87. The fraction of sp³-hybridized carbons (Fsp3) is 0.200. The van der Waals surface area contributed by atoms with Crippen LogP contribution in [0.25, 0.3) is 0 Å². The fourth-order valence-electron chi connectivity index (χ4n) is 2.00. The van der Waals surface area contributed by atoms with Crippen LogP contribution in [0.1, 0.15) is 22.7 Å². The summed E-state index contributed by atoms with van der Waals surface area (Å²) in [6.45, 7) is 2.01. The highest BCUT2D eigenvalue weighted by molar-refractivity contribution is 9.10. The van der Waals surface area contributed by atoms with Gasteiger partial charge in [-0.15, -0.1) is 0 Å². The molecule has 3 heteroatoms. The van der Waals surface area contributed by atoms with Crippen LogP contribution in [-0.2, 0) is 0 Å². The molecule has 0 amide bonds. The summed E-state index contributed by atoms with van der Waals surface area (Å²) < 4.78 is 1.08. The van der Waals surface area contributed by atoms with E-state index in [1.807, 2.05) is 32.2 Å². The summed E-state index contributed by atoms with van der Waals surface area (Å²) in [5, 5.41) is 4.14. The molecule has 2 rings (SSSR count). The molecular formula is C15H15BrClN. The van der Waals surface area contributed by atoms with E-state index in [2.05, 4.69) is 45.5 Å². The van der Waals surface area contributed by atoms with Gasteiger partial charge in [-0.1, -0.05) is 51.8 Å². The third kappa shape index (κ3) is 2.94. The van der Waals surface area contributed by atoms with E-state index >= 15 is 0 Å². The Morgan fingerprint density at radius 2 is 1.83 bits per heavy atom. The molecule has 0 saturated heterocycles. The van der Waals surface area contributed by atoms with E-state index in [0.717, 1.165) is 15.1 Å². The van der Waals surface area contributed by atoms with E-state index in [1.54, 1.807) is 0 Å². The van der Waals surface area contributed by atoms with E-state index in [4.69, 9.17) is 11.6 Å². The average molecular weight is 325 g/mol. The molecule has 0 aromatic heterocycles. The summed E-state index contributed by atoms with van der Waals surface area (Å²) in [4.78, 5) is 0. The van der Waals surface area contributed by atoms with Crippen molar-refractivity contribution in [3.63, 3.8) is 0 Å². The van der Waals surface area contributed by atoms with Gasteiger partial charge in [0.1, 0.15) is 0 Å². The summed E-state index contributed by atoms with van der Waals surface area (Å²) in [5.41, 5.74) is 3.49. The predicted molar refractivity (Wildman–Crippen MR) is 81.2 cm³/mol. The summed E-state index contributed by atoms with van der Waals surface area (Å²) in [6.07, 6.45) is 0. The number of benzene rings is 2. The number of aryl methyl sites for hydroxylation is 1. The maximum atomic E-state index is 6.20. The molecule has 2 aromatic rings. The minimum atomic E-state index is 0.153. The first kappa shape index (κ1) is 13.6. The van der Waals surface area contributed by atoms with Gasteiger partial charge in [0.25, 0.3) is 0 Å². The second-order valence-electron chi connectivity index (χ2n) is 4.29. The van der Waals surface area contributed by atoms with Crippen LogP contribution in [0.5, 0.6) is 0 Å². The van der Waals surface area contributed by atoms with Gasteiger partial charge in [-0.2, -0.15) is 0 Å². The zero-order valence-electron chi connectivity index (χ0n) is 10.4. The Hall–Kier alpha value is -0.830. The van der Waals surface area contributed by atoms with Crippen molar-refractivity contribution in [2.24, 2.45) is 0 Å². The van der Waals surface area contributed by atoms with Gasteiger partial charge in [-0.3, -0.25) is 0 Å². The molecule has 1 unspecified atom stereocenters. The van der Waals surface area contributed by atoms with Crippen molar-refractivity contribution >= 4 is 27.5 Å². The minimum Gasteiger partial charge on any atom is -0.309 e. The molecule has 0 aliphatic carbocycles. The van der Waals surface area contributed by atoms with Gasteiger partial charge in [-0.25, -0.2) is 0 Å². The van der Waals surface area contributed by atoms with Crippen LogP contribution in [0.3, 0.4) is 0 Å². The Labute approximate surface area is 121 Å². The normalized spacial score (nSPS) is 12.4. The molecule has 0 fully saturated rings. The molecule has 0 radical (unpaired) electrons. The monoisotopic (exact) mass is 323 g/mol. The molecule has 0 spiro atoms. The highest BCUT2D eigenvalue weighted by Crippen LogP contribution is 2.27.